The Kier molecular flexibility index (Phi) is 8.13. The zero-order valence-corrected chi connectivity index (χ0v) is 18.9. The van der Waals surface area contributed by atoms with Crippen molar-refractivity contribution >= 4 is 27.8 Å². The molecule has 0 saturated carbocycles. The molecule has 0 radical (unpaired) electrons. The Morgan fingerprint density at radius 1 is 1.19 bits per heavy atom. The lowest BCUT2D eigenvalue weighted by Crippen LogP contribution is -2.27. The van der Waals surface area contributed by atoms with Crippen LogP contribution in [0.5, 0.6) is 11.5 Å². The molecule has 0 aliphatic heterocycles. The number of likely N-dealkylation sites (N-methyl/N-ethyl adjacent to an activating group) is 1. The molecule has 0 aliphatic carbocycles. The van der Waals surface area contributed by atoms with Crippen molar-refractivity contribution in [1.29, 1.82) is 0 Å². The van der Waals surface area contributed by atoms with Crippen molar-refractivity contribution in [1.82, 2.24) is 9.73 Å². The van der Waals surface area contributed by atoms with Gasteiger partial charge < -0.3 is 14.4 Å². The van der Waals surface area contributed by atoms with Crippen LogP contribution in [0.3, 0.4) is 0 Å². The molecule has 12 heteroatoms. The number of carbonyl (C=O) groups is 1. The summed E-state index contributed by atoms with van der Waals surface area (Å²) in [4.78, 5) is 25.3. The minimum Gasteiger partial charge on any atom is -0.490 e. The van der Waals surface area contributed by atoms with E-state index in [1.165, 1.54) is 30.2 Å². The summed E-state index contributed by atoms with van der Waals surface area (Å²) in [6.45, 7) is 3.48. The number of rotatable bonds is 10. The standard InChI is InChI=1S/C20H24N4O7S/c1-5-30-19-10-15(7-9-18(19)31-13-20(25)23(3)4)12-21-22-32(28,29)16-8-6-14(2)17(11-16)24(26)27/h6-12,22H,5,13H2,1-4H3/b21-12+. The summed E-state index contributed by atoms with van der Waals surface area (Å²) < 4.78 is 35.8. The number of nitro benzene ring substituents is 1. The van der Waals surface area contributed by atoms with Crippen LogP contribution in [-0.2, 0) is 14.8 Å². The number of benzene rings is 2. The zero-order chi connectivity index (χ0) is 23.9. The van der Waals surface area contributed by atoms with Crippen LogP contribution in [0.1, 0.15) is 18.1 Å². The molecule has 0 unspecified atom stereocenters. The monoisotopic (exact) mass is 464 g/mol. The maximum atomic E-state index is 12.4. The lowest BCUT2D eigenvalue weighted by molar-refractivity contribution is -0.385. The van der Waals surface area contributed by atoms with E-state index >= 15 is 0 Å². The van der Waals surface area contributed by atoms with E-state index in [1.807, 2.05) is 4.83 Å². The SMILES string of the molecule is CCOc1cc(/C=N/NS(=O)(=O)c2ccc(C)c([N+](=O)[O-])c2)ccc1OCC(=O)N(C)C. The number of nitro groups is 1. The van der Waals surface area contributed by atoms with Crippen molar-refractivity contribution in [3.05, 3.63) is 57.6 Å². The van der Waals surface area contributed by atoms with Gasteiger partial charge in [0.15, 0.2) is 18.1 Å². The highest BCUT2D eigenvalue weighted by Crippen LogP contribution is 2.28. The van der Waals surface area contributed by atoms with E-state index in [1.54, 1.807) is 39.2 Å². The normalized spacial score (nSPS) is 11.2. The third-order valence-corrected chi connectivity index (χ3v) is 5.41. The topological polar surface area (TPSA) is 140 Å². The van der Waals surface area contributed by atoms with Crippen LogP contribution in [0.15, 0.2) is 46.4 Å². The number of nitrogens with one attached hydrogen (secondary N) is 1. The van der Waals surface area contributed by atoms with Crippen molar-refractivity contribution < 1.29 is 27.6 Å². The molecule has 0 aliphatic rings. The molecular formula is C20H24N4O7S. The van der Waals surface area contributed by atoms with Crippen LogP contribution in [0, 0.1) is 17.0 Å². The highest BCUT2D eigenvalue weighted by atomic mass is 32.2. The van der Waals surface area contributed by atoms with Crippen molar-refractivity contribution in [2.45, 2.75) is 18.7 Å². The van der Waals surface area contributed by atoms with Gasteiger partial charge >= 0.3 is 0 Å². The van der Waals surface area contributed by atoms with E-state index in [4.69, 9.17) is 9.47 Å². The maximum Gasteiger partial charge on any atom is 0.276 e. The molecule has 172 valence electrons. The smallest absolute Gasteiger partial charge is 0.276 e. The largest absolute Gasteiger partial charge is 0.490 e. The molecule has 1 amide bonds. The van der Waals surface area contributed by atoms with Gasteiger partial charge in [-0.25, -0.2) is 4.83 Å². The Balaban J connectivity index is 2.17. The summed E-state index contributed by atoms with van der Waals surface area (Å²) in [6.07, 6.45) is 1.25. The Hall–Kier alpha value is -3.67. The first-order valence-electron chi connectivity index (χ1n) is 9.45. The van der Waals surface area contributed by atoms with Crippen molar-refractivity contribution in [2.24, 2.45) is 5.10 Å². The molecule has 1 N–H and O–H groups in total. The number of hydrazone groups is 1. The molecule has 2 rings (SSSR count). The molecule has 2 aromatic carbocycles. The minimum atomic E-state index is -4.11. The predicted molar refractivity (Wildman–Crippen MR) is 118 cm³/mol. The first kappa shape index (κ1) is 24.6. The van der Waals surface area contributed by atoms with Crippen molar-refractivity contribution in [3.8, 4) is 11.5 Å². The zero-order valence-electron chi connectivity index (χ0n) is 18.1. The molecule has 0 atom stereocenters. The summed E-state index contributed by atoms with van der Waals surface area (Å²) >= 11 is 0. The van der Waals surface area contributed by atoms with Gasteiger partial charge in [0.25, 0.3) is 21.6 Å². The van der Waals surface area contributed by atoms with E-state index < -0.39 is 14.9 Å². The fourth-order valence-corrected chi connectivity index (χ4v) is 3.25. The van der Waals surface area contributed by atoms with Gasteiger partial charge in [0.05, 0.1) is 22.6 Å². The second-order valence-corrected chi connectivity index (χ2v) is 8.44. The highest BCUT2D eigenvalue weighted by Gasteiger charge is 2.19. The number of sulfonamides is 1. The first-order valence-corrected chi connectivity index (χ1v) is 10.9. The quantitative estimate of drug-likeness (QED) is 0.322. The van der Waals surface area contributed by atoms with E-state index in [0.29, 0.717) is 29.2 Å². The fraction of sp³-hybridized carbons (Fsp3) is 0.300. The molecule has 11 nitrogen and oxygen atoms in total. The van der Waals surface area contributed by atoms with Gasteiger partial charge in [0.2, 0.25) is 0 Å². The second-order valence-electron chi connectivity index (χ2n) is 6.77. The van der Waals surface area contributed by atoms with Gasteiger partial charge in [0.1, 0.15) is 0 Å². The number of hydrogen-bond donors (Lipinski definition) is 1. The number of hydrogen-bond acceptors (Lipinski definition) is 8. The van der Waals surface area contributed by atoms with E-state index in [-0.39, 0.29) is 23.1 Å². The summed E-state index contributed by atoms with van der Waals surface area (Å²) in [7, 11) is -0.877. The average Bonchev–Trinajstić information content (AvgIpc) is 2.72. The minimum absolute atomic E-state index is 0.164. The summed E-state index contributed by atoms with van der Waals surface area (Å²) in [5.74, 6) is 0.496. The van der Waals surface area contributed by atoms with Crippen molar-refractivity contribution in [2.75, 3.05) is 27.3 Å². The number of amides is 1. The van der Waals surface area contributed by atoms with Gasteiger partial charge in [-0.1, -0.05) is 6.07 Å². The molecule has 32 heavy (non-hydrogen) atoms. The Morgan fingerprint density at radius 3 is 2.53 bits per heavy atom. The Labute approximate surface area is 185 Å². The van der Waals surface area contributed by atoms with Crippen LogP contribution < -0.4 is 14.3 Å². The third-order valence-electron chi connectivity index (χ3n) is 4.19. The highest BCUT2D eigenvalue weighted by molar-refractivity contribution is 7.89. The maximum absolute atomic E-state index is 12.4. The van der Waals surface area contributed by atoms with E-state index in [9.17, 15) is 23.3 Å². The fourth-order valence-electron chi connectivity index (χ4n) is 2.44. The summed E-state index contributed by atoms with van der Waals surface area (Å²) in [5.41, 5.74) is 0.536. The number of carbonyl (C=O) groups excluding carboxylic acids is 1. The number of ether oxygens (including phenoxy) is 2. The van der Waals surface area contributed by atoms with E-state index in [2.05, 4.69) is 5.10 Å². The lowest BCUT2D eigenvalue weighted by atomic mass is 10.2. The molecule has 0 spiro atoms. The number of nitrogens with zero attached hydrogens (tertiary/aromatic N) is 3. The van der Waals surface area contributed by atoms with Crippen LogP contribution in [-0.4, -0.2) is 57.7 Å². The molecule has 0 aromatic heterocycles. The summed E-state index contributed by atoms with van der Waals surface area (Å²) in [6, 6.07) is 8.34. The second kappa shape index (κ2) is 10.6. The third kappa shape index (κ3) is 6.41. The number of aryl methyl sites for hydroxylation is 1. The Morgan fingerprint density at radius 2 is 1.91 bits per heavy atom. The van der Waals surface area contributed by atoms with Crippen LogP contribution in [0.25, 0.3) is 0 Å². The van der Waals surface area contributed by atoms with Crippen LogP contribution in [0.2, 0.25) is 0 Å². The van der Waals surface area contributed by atoms with Crippen molar-refractivity contribution in [3.63, 3.8) is 0 Å². The summed E-state index contributed by atoms with van der Waals surface area (Å²) in [5, 5.41) is 14.8. The average molecular weight is 465 g/mol. The van der Waals surface area contributed by atoms with Gasteiger partial charge in [-0.15, -0.1) is 0 Å². The Bertz CT molecular complexity index is 1130. The van der Waals surface area contributed by atoms with Crippen LogP contribution >= 0.6 is 0 Å². The molecule has 0 saturated heterocycles. The molecular weight excluding hydrogens is 440 g/mol. The lowest BCUT2D eigenvalue weighted by Gasteiger charge is -2.14. The molecule has 0 heterocycles. The van der Waals surface area contributed by atoms with Gasteiger partial charge in [-0.2, -0.15) is 13.5 Å². The molecule has 0 fully saturated rings. The van der Waals surface area contributed by atoms with Gasteiger partial charge in [0, 0.05) is 25.7 Å². The molecule has 0 bridgehead atoms. The van der Waals surface area contributed by atoms with E-state index in [0.717, 1.165) is 6.07 Å². The van der Waals surface area contributed by atoms with Gasteiger partial charge in [-0.05, 0) is 43.7 Å². The van der Waals surface area contributed by atoms with Gasteiger partial charge in [-0.3, -0.25) is 14.9 Å². The first-order chi connectivity index (χ1) is 15.0. The predicted octanol–water partition coefficient (Wildman–Crippen LogP) is 2.08. The van der Waals surface area contributed by atoms with Crippen LogP contribution in [0.4, 0.5) is 5.69 Å². The molecule has 2 aromatic rings.